The van der Waals surface area contributed by atoms with Crippen molar-refractivity contribution >= 4 is 27.9 Å². The first-order valence-electron chi connectivity index (χ1n) is 10.2. The van der Waals surface area contributed by atoms with Crippen LogP contribution in [-0.4, -0.2) is 22.6 Å². The molecule has 4 aromatic rings. The van der Waals surface area contributed by atoms with Crippen LogP contribution in [0.3, 0.4) is 0 Å². The predicted octanol–water partition coefficient (Wildman–Crippen LogP) is 3.81. The van der Waals surface area contributed by atoms with E-state index < -0.39 is 5.63 Å². The van der Waals surface area contributed by atoms with Crippen molar-refractivity contribution in [3.05, 3.63) is 69.8 Å². The molecule has 1 atom stereocenters. The van der Waals surface area contributed by atoms with E-state index in [1.54, 1.807) is 13.2 Å². The van der Waals surface area contributed by atoms with Crippen LogP contribution in [0.25, 0.3) is 22.0 Å². The number of hydrogen-bond donors (Lipinski definition) is 1. The Hall–Kier alpha value is -3.61. The molecule has 0 bridgehead atoms. The van der Waals surface area contributed by atoms with Gasteiger partial charge in [-0.2, -0.15) is 0 Å². The Morgan fingerprint density at radius 3 is 2.77 bits per heavy atom. The molecule has 0 saturated heterocycles. The Kier molecular flexibility index (Phi) is 5.50. The first kappa shape index (κ1) is 20.7. The number of hydrogen-bond acceptors (Lipinski definition) is 5. The SMILES string of the molecule is COc1cc2oc(=O)cc(C)c2cc1CCC(=O)NC(C)c1nc2ccccc2n1C. The Balaban J connectivity index is 1.49. The van der Waals surface area contributed by atoms with Gasteiger partial charge >= 0.3 is 5.63 Å². The van der Waals surface area contributed by atoms with Crippen LogP contribution in [0.15, 0.2) is 51.7 Å². The van der Waals surface area contributed by atoms with Gasteiger partial charge in [-0.25, -0.2) is 9.78 Å². The summed E-state index contributed by atoms with van der Waals surface area (Å²) in [5.41, 5.74) is 3.73. The average molecular weight is 419 g/mol. The van der Waals surface area contributed by atoms with E-state index in [4.69, 9.17) is 9.15 Å². The van der Waals surface area contributed by atoms with Gasteiger partial charge in [0.05, 0.1) is 24.2 Å². The number of amides is 1. The van der Waals surface area contributed by atoms with E-state index in [1.807, 2.05) is 55.8 Å². The molecule has 0 spiro atoms. The van der Waals surface area contributed by atoms with Gasteiger partial charge in [0.15, 0.2) is 0 Å². The monoisotopic (exact) mass is 419 g/mol. The highest BCUT2D eigenvalue weighted by atomic mass is 16.5. The molecule has 0 saturated carbocycles. The molecule has 0 fully saturated rings. The zero-order valence-corrected chi connectivity index (χ0v) is 18.1. The third kappa shape index (κ3) is 4.03. The highest BCUT2D eigenvalue weighted by Crippen LogP contribution is 2.28. The van der Waals surface area contributed by atoms with Crippen molar-refractivity contribution in [3.8, 4) is 5.75 Å². The van der Waals surface area contributed by atoms with Gasteiger partial charge in [-0.15, -0.1) is 0 Å². The maximum Gasteiger partial charge on any atom is 0.336 e. The number of methoxy groups -OCH3 is 1. The van der Waals surface area contributed by atoms with Gasteiger partial charge in [0.1, 0.15) is 17.2 Å². The molecule has 7 heteroatoms. The van der Waals surface area contributed by atoms with Crippen LogP contribution in [0, 0.1) is 6.92 Å². The number of benzene rings is 2. The highest BCUT2D eigenvalue weighted by Gasteiger charge is 2.17. The minimum absolute atomic E-state index is 0.0713. The molecule has 7 nitrogen and oxygen atoms in total. The molecule has 0 aliphatic carbocycles. The number of fused-ring (bicyclic) bond motifs is 2. The van der Waals surface area contributed by atoms with Gasteiger partial charge in [-0.3, -0.25) is 4.79 Å². The fraction of sp³-hybridized carbons (Fsp3) is 0.292. The van der Waals surface area contributed by atoms with Crippen LogP contribution < -0.4 is 15.7 Å². The van der Waals surface area contributed by atoms with Crippen molar-refractivity contribution in [3.63, 3.8) is 0 Å². The standard InChI is InChI=1S/C24H25N3O4/c1-14-11-23(29)31-21-13-20(30-4)16(12-17(14)21)9-10-22(28)25-15(2)24-26-18-7-5-6-8-19(18)27(24)3/h5-8,11-13,15H,9-10H2,1-4H3,(H,25,28). The largest absolute Gasteiger partial charge is 0.496 e. The minimum Gasteiger partial charge on any atom is -0.496 e. The van der Waals surface area contributed by atoms with E-state index in [-0.39, 0.29) is 11.9 Å². The highest BCUT2D eigenvalue weighted by molar-refractivity contribution is 5.83. The van der Waals surface area contributed by atoms with Crippen molar-refractivity contribution < 1.29 is 13.9 Å². The third-order valence-electron chi connectivity index (χ3n) is 5.56. The molecular weight excluding hydrogens is 394 g/mol. The molecule has 0 radical (unpaired) electrons. The van der Waals surface area contributed by atoms with Gasteiger partial charge in [-0.05, 0) is 49.6 Å². The summed E-state index contributed by atoms with van der Waals surface area (Å²) in [4.78, 5) is 28.9. The van der Waals surface area contributed by atoms with E-state index >= 15 is 0 Å². The van der Waals surface area contributed by atoms with Gasteiger partial charge < -0.3 is 19.0 Å². The predicted molar refractivity (Wildman–Crippen MR) is 119 cm³/mol. The fourth-order valence-electron chi connectivity index (χ4n) is 3.95. The van der Waals surface area contributed by atoms with Gasteiger partial charge in [-0.1, -0.05) is 12.1 Å². The molecule has 1 N–H and O–H groups in total. The summed E-state index contributed by atoms with van der Waals surface area (Å²) in [6, 6.07) is 12.8. The smallest absolute Gasteiger partial charge is 0.336 e. The second-order valence-electron chi connectivity index (χ2n) is 7.72. The number of aryl methyl sites for hydroxylation is 3. The number of carbonyl (C=O) groups is 1. The lowest BCUT2D eigenvalue weighted by Crippen LogP contribution is -2.28. The number of rotatable bonds is 6. The van der Waals surface area contributed by atoms with Crippen LogP contribution in [-0.2, 0) is 18.3 Å². The van der Waals surface area contributed by atoms with E-state index in [2.05, 4.69) is 10.3 Å². The number of para-hydroxylation sites is 2. The summed E-state index contributed by atoms with van der Waals surface area (Å²) < 4.78 is 12.7. The molecule has 0 aliphatic rings. The molecule has 160 valence electrons. The second-order valence-corrected chi connectivity index (χ2v) is 7.72. The molecule has 2 aromatic heterocycles. The van der Waals surface area contributed by atoms with Crippen LogP contribution in [0.1, 0.15) is 36.3 Å². The van der Waals surface area contributed by atoms with Gasteiger partial charge in [0.2, 0.25) is 5.91 Å². The second kappa shape index (κ2) is 8.26. The lowest BCUT2D eigenvalue weighted by Gasteiger charge is -2.15. The number of nitrogens with zero attached hydrogens (tertiary/aromatic N) is 2. The summed E-state index contributed by atoms with van der Waals surface area (Å²) in [5, 5.41) is 3.88. The van der Waals surface area contributed by atoms with Crippen molar-refractivity contribution in [1.29, 1.82) is 0 Å². The molecule has 2 heterocycles. The van der Waals surface area contributed by atoms with Crippen molar-refractivity contribution in [1.82, 2.24) is 14.9 Å². The first-order chi connectivity index (χ1) is 14.9. The summed E-state index contributed by atoms with van der Waals surface area (Å²) in [7, 11) is 3.51. The summed E-state index contributed by atoms with van der Waals surface area (Å²) in [5.74, 6) is 1.33. The van der Waals surface area contributed by atoms with Gasteiger partial charge in [0, 0.05) is 31.0 Å². The van der Waals surface area contributed by atoms with Crippen molar-refractivity contribution in [2.45, 2.75) is 32.7 Å². The maximum absolute atomic E-state index is 12.7. The van der Waals surface area contributed by atoms with E-state index in [9.17, 15) is 9.59 Å². The summed E-state index contributed by atoms with van der Waals surface area (Å²) in [6.07, 6.45) is 0.796. The molecule has 0 aliphatic heterocycles. The molecule has 1 unspecified atom stereocenters. The van der Waals surface area contributed by atoms with Crippen molar-refractivity contribution in [2.24, 2.45) is 7.05 Å². The van der Waals surface area contributed by atoms with E-state index in [0.717, 1.165) is 33.4 Å². The first-order valence-corrected chi connectivity index (χ1v) is 10.2. The van der Waals surface area contributed by atoms with Crippen LogP contribution in [0.2, 0.25) is 0 Å². The number of ether oxygens (including phenoxy) is 1. The molecule has 2 aromatic carbocycles. The Morgan fingerprint density at radius 1 is 1.26 bits per heavy atom. The van der Waals surface area contributed by atoms with Crippen molar-refractivity contribution in [2.75, 3.05) is 7.11 Å². The Bertz CT molecular complexity index is 1340. The molecule has 1 amide bonds. The lowest BCUT2D eigenvalue weighted by molar-refractivity contribution is -0.121. The molecule has 31 heavy (non-hydrogen) atoms. The number of aromatic nitrogens is 2. The van der Waals surface area contributed by atoms with Crippen LogP contribution in [0.4, 0.5) is 0 Å². The Morgan fingerprint density at radius 2 is 2.03 bits per heavy atom. The molecular formula is C24H25N3O4. The number of imidazole rings is 1. The molecule has 4 rings (SSSR count). The van der Waals surface area contributed by atoms with Crippen LogP contribution in [0.5, 0.6) is 5.75 Å². The minimum atomic E-state index is -0.393. The zero-order valence-electron chi connectivity index (χ0n) is 18.1. The van der Waals surface area contributed by atoms with Gasteiger partial charge in [0.25, 0.3) is 0 Å². The Labute approximate surface area is 179 Å². The van der Waals surface area contributed by atoms with E-state index in [1.165, 1.54) is 6.07 Å². The number of carbonyl (C=O) groups excluding carboxylic acids is 1. The van der Waals surface area contributed by atoms with E-state index in [0.29, 0.717) is 24.2 Å². The third-order valence-corrected chi connectivity index (χ3v) is 5.56. The lowest BCUT2D eigenvalue weighted by atomic mass is 10.0. The quantitative estimate of drug-likeness (QED) is 0.480. The van der Waals surface area contributed by atoms with Crippen LogP contribution >= 0.6 is 0 Å². The zero-order chi connectivity index (χ0) is 22.1. The fourth-order valence-corrected chi connectivity index (χ4v) is 3.95. The number of nitrogens with one attached hydrogen (secondary N) is 1. The normalized spacial score (nSPS) is 12.3. The summed E-state index contributed by atoms with van der Waals surface area (Å²) >= 11 is 0. The topological polar surface area (TPSA) is 86.4 Å². The summed E-state index contributed by atoms with van der Waals surface area (Å²) in [6.45, 7) is 3.79. The average Bonchev–Trinajstić information content (AvgIpc) is 3.08. The maximum atomic E-state index is 12.7.